The molecule has 0 bridgehead atoms. The Morgan fingerprint density at radius 2 is 1.66 bits per heavy atom. The third kappa shape index (κ3) is 7.36. The molecule has 0 unspecified atom stereocenters. The smallest absolute Gasteiger partial charge is 0.410 e. The first-order valence-electron chi connectivity index (χ1n) is 11.2. The van der Waals surface area contributed by atoms with Crippen LogP contribution in [0.5, 0.6) is 5.75 Å². The summed E-state index contributed by atoms with van der Waals surface area (Å²) in [5.74, 6) is 0.0607. The number of anilines is 1. The van der Waals surface area contributed by atoms with Gasteiger partial charge in [-0.3, -0.25) is 9.78 Å². The number of carbonyl (C=O) groups is 2. The second kappa shape index (κ2) is 12.1. The fraction of sp³-hybridized carbons (Fsp3) is 0.240. The predicted molar refractivity (Wildman–Crippen MR) is 133 cm³/mol. The molecule has 1 aromatic heterocycles. The zero-order chi connectivity index (χ0) is 25.3. The molecule has 2 aromatic carbocycles. The third-order valence-corrected chi connectivity index (χ3v) is 6.65. The average molecular weight is 497 g/mol. The van der Waals surface area contributed by atoms with Crippen LogP contribution in [0, 0.1) is 0 Å². The maximum atomic E-state index is 12.5. The van der Waals surface area contributed by atoms with E-state index in [2.05, 4.69) is 15.0 Å². The van der Waals surface area contributed by atoms with E-state index in [0.29, 0.717) is 36.5 Å². The van der Waals surface area contributed by atoms with Crippen molar-refractivity contribution in [1.29, 1.82) is 0 Å². The summed E-state index contributed by atoms with van der Waals surface area (Å²) >= 11 is 0. The first-order chi connectivity index (χ1) is 16.8. The monoisotopic (exact) mass is 496 g/mol. The summed E-state index contributed by atoms with van der Waals surface area (Å²) in [6.07, 6.45) is 2.87. The summed E-state index contributed by atoms with van der Waals surface area (Å²) < 4.78 is 32.3. The number of hydrogen-bond acceptors (Lipinski definition) is 6. The molecule has 0 fully saturated rings. The van der Waals surface area contributed by atoms with Gasteiger partial charge in [0.15, 0.2) is 0 Å². The number of sulfonamides is 1. The lowest BCUT2D eigenvalue weighted by Gasteiger charge is -2.17. The van der Waals surface area contributed by atoms with Crippen LogP contribution < -0.4 is 14.8 Å². The van der Waals surface area contributed by atoms with E-state index in [4.69, 9.17) is 4.74 Å². The van der Waals surface area contributed by atoms with Crippen molar-refractivity contribution in [3.63, 3.8) is 0 Å². The fourth-order valence-electron chi connectivity index (χ4n) is 3.20. The number of aromatic nitrogens is 1. The largest absolute Gasteiger partial charge is 0.415 e. The van der Waals surface area contributed by atoms with Crippen LogP contribution in [0.2, 0.25) is 0 Å². The van der Waals surface area contributed by atoms with Gasteiger partial charge >= 0.3 is 6.09 Å². The number of ether oxygens (including phenoxy) is 1. The Kier molecular flexibility index (Phi) is 8.93. The van der Waals surface area contributed by atoms with Crippen LogP contribution in [0.25, 0.3) is 0 Å². The van der Waals surface area contributed by atoms with Gasteiger partial charge in [-0.15, -0.1) is 0 Å². The van der Waals surface area contributed by atoms with E-state index in [0.717, 1.165) is 5.56 Å². The molecule has 0 atom stereocenters. The molecule has 3 aromatic rings. The molecule has 0 saturated heterocycles. The molecule has 35 heavy (non-hydrogen) atoms. The Bertz CT molecular complexity index is 1230. The maximum Gasteiger partial charge on any atom is 0.415 e. The summed E-state index contributed by atoms with van der Waals surface area (Å²) in [5, 5.41) is 2.81. The van der Waals surface area contributed by atoms with Gasteiger partial charge in [0, 0.05) is 43.3 Å². The highest BCUT2D eigenvalue weighted by Gasteiger charge is 2.14. The maximum absolute atomic E-state index is 12.5. The molecular weight excluding hydrogens is 468 g/mol. The minimum absolute atomic E-state index is 0.119. The van der Waals surface area contributed by atoms with Gasteiger partial charge in [0.1, 0.15) is 10.6 Å². The predicted octanol–water partition coefficient (Wildman–Crippen LogP) is 3.70. The molecule has 0 radical (unpaired) electrons. The molecule has 1 heterocycles. The first-order valence-corrected chi connectivity index (χ1v) is 12.7. The van der Waals surface area contributed by atoms with E-state index in [1.54, 1.807) is 47.4 Å². The zero-order valence-corrected chi connectivity index (χ0v) is 20.4. The number of rotatable bonds is 10. The van der Waals surface area contributed by atoms with Gasteiger partial charge in [0.05, 0.1) is 0 Å². The van der Waals surface area contributed by atoms with Crippen molar-refractivity contribution in [3.8, 4) is 5.75 Å². The van der Waals surface area contributed by atoms with Gasteiger partial charge in [-0.2, -0.15) is 0 Å². The van der Waals surface area contributed by atoms with E-state index in [1.165, 1.54) is 18.5 Å². The topological polar surface area (TPSA) is 118 Å². The lowest BCUT2D eigenvalue weighted by Crippen LogP contribution is -2.33. The van der Waals surface area contributed by atoms with Crippen LogP contribution in [0.1, 0.15) is 29.8 Å². The summed E-state index contributed by atoms with van der Waals surface area (Å²) in [4.78, 5) is 30.1. The molecule has 0 saturated carbocycles. The number of pyridine rings is 1. The Labute approximate surface area is 205 Å². The third-order valence-electron chi connectivity index (χ3n) is 5.21. The molecule has 0 aliphatic carbocycles. The Morgan fingerprint density at radius 1 is 0.971 bits per heavy atom. The van der Waals surface area contributed by atoms with Gasteiger partial charge in [0.2, 0.25) is 10.0 Å². The van der Waals surface area contributed by atoms with E-state index in [1.807, 2.05) is 26.0 Å². The van der Waals surface area contributed by atoms with E-state index < -0.39 is 16.1 Å². The van der Waals surface area contributed by atoms with Crippen LogP contribution in [-0.4, -0.2) is 49.9 Å². The van der Waals surface area contributed by atoms with Crippen molar-refractivity contribution in [2.45, 2.75) is 25.2 Å². The van der Waals surface area contributed by atoms with Crippen LogP contribution in [-0.2, 0) is 16.4 Å². The fourth-order valence-corrected chi connectivity index (χ4v) is 4.19. The van der Waals surface area contributed by atoms with Gasteiger partial charge < -0.3 is 15.0 Å². The lowest BCUT2D eigenvalue weighted by molar-refractivity contribution is 0.102. The van der Waals surface area contributed by atoms with Crippen molar-refractivity contribution in [2.24, 2.45) is 0 Å². The Morgan fingerprint density at radius 3 is 2.26 bits per heavy atom. The van der Waals surface area contributed by atoms with Gasteiger partial charge in [0.25, 0.3) is 5.91 Å². The van der Waals surface area contributed by atoms with Crippen molar-refractivity contribution >= 4 is 27.7 Å². The van der Waals surface area contributed by atoms with Crippen molar-refractivity contribution in [2.75, 3.05) is 25.0 Å². The number of nitrogens with zero attached hydrogens (tertiary/aromatic N) is 2. The minimum Gasteiger partial charge on any atom is -0.410 e. The van der Waals surface area contributed by atoms with E-state index in [9.17, 15) is 18.0 Å². The number of benzene rings is 2. The summed E-state index contributed by atoms with van der Waals surface area (Å²) in [6.45, 7) is 5.07. The molecule has 2 amide bonds. The summed E-state index contributed by atoms with van der Waals surface area (Å²) in [6, 6.07) is 16.5. The Hall–Kier alpha value is -3.76. The van der Waals surface area contributed by atoms with Crippen LogP contribution in [0.3, 0.4) is 0 Å². The average Bonchev–Trinajstić information content (AvgIpc) is 2.87. The second-order valence-corrected chi connectivity index (χ2v) is 9.32. The molecule has 0 spiro atoms. The van der Waals surface area contributed by atoms with Crippen molar-refractivity contribution in [3.05, 3.63) is 84.2 Å². The normalized spacial score (nSPS) is 11.0. The van der Waals surface area contributed by atoms with Crippen LogP contribution >= 0.6 is 0 Å². The molecule has 184 valence electrons. The highest BCUT2D eigenvalue weighted by molar-refractivity contribution is 7.89. The summed E-state index contributed by atoms with van der Waals surface area (Å²) in [7, 11) is -3.60. The van der Waals surface area contributed by atoms with Crippen molar-refractivity contribution in [1.82, 2.24) is 14.6 Å². The van der Waals surface area contributed by atoms with Gasteiger partial charge in [-0.25, -0.2) is 17.9 Å². The minimum atomic E-state index is -3.60. The molecule has 10 heteroatoms. The molecule has 0 aliphatic heterocycles. The van der Waals surface area contributed by atoms with Gasteiger partial charge in [-0.05, 0) is 74.4 Å². The number of nitrogens with one attached hydrogen (secondary N) is 2. The van der Waals surface area contributed by atoms with E-state index >= 15 is 0 Å². The Balaban J connectivity index is 1.50. The number of carbonyl (C=O) groups excluding carboxylic acids is 2. The molecule has 2 N–H and O–H groups in total. The van der Waals surface area contributed by atoms with Crippen molar-refractivity contribution < 1.29 is 22.7 Å². The first kappa shape index (κ1) is 25.9. The second-order valence-electron chi connectivity index (χ2n) is 7.55. The summed E-state index contributed by atoms with van der Waals surface area (Å²) in [5.41, 5.74) is 1.93. The van der Waals surface area contributed by atoms with Crippen LogP contribution in [0.15, 0.2) is 78.0 Å². The SMILES string of the molecule is CCN(CC)C(=O)Oc1ccc(C(=O)Nc2ccc(CCNS(=O)(=O)c3cccnc3)cc2)cc1. The quantitative estimate of drug-likeness (QED) is 0.442. The molecular formula is C25H28N4O5S. The highest BCUT2D eigenvalue weighted by atomic mass is 32.2. The lowest BCUT2D eigenvalue weighted by atomic mass is 10.1. The van der Waals surface area contributed by atoms with Gasteiger partial charge in [-0.1, -0.05) is 12.1 Å². The van der Waals surface area contributed by atoms with Crippen LogP contribution in [0.4, 0.5) is 10.5 Å². The zero-order valence-electron chi connectivity index (χ0n) is 19.6. The standard InChI is InChI=1S/C25H28N4O5S/c1-3-29(4-2)25(31)34-22-13-9-20(10-14-22)24(30)28-21-11-7-19(8-12-21)15-17-27-35(32,33)23-6-5-16-26-18-23/h5-14,16,18,27H,3-4,15,17H2,1-2H3,(H,28,30). The highest BCUT2D eigenvalue weighted by Crippen LogP contribution is 2.16. The number of hydrogen-bond donors (Lipinski definition) is 2. The molecule has 0 aliphatic rings. The molecule has 9 nitrogen and oxygen atoms in total. The number of amides is 2. The van der Waals surface area contributed by atoms with E-state index in [-0.39, 0.29) is 17.3 Å². The molecule has 3 rings (SSSR count).